The van der Waals surface area contributed by atoms with E-state index in [9.17, 15) is 18.0 Å². The van der Waals surface area contributed by atoms with Gasteiger partial charge < -0.3 is 16.0 Å². The average Bonchev–Trinajstić information content (AvgIpc) is 2.61. The van der Waals surface area contributed by atoms with Crippen molar-refractivity contribution in [3.05, 3.63) is 0 Å². The van der Waals surface area contributed by atoms with Crippen LogP contribution in [0.1, 0.15) is 12.8 Å². The van der Waals surface area contributed by atoms with Gasteiger partial charge in [0.1, 0.15) is 12.4 Å². The van der Waals surface area contributed by atoms with Crippen molar-refractivity contribution in [2.45, 2.75) is 25.1 Å². The number of nitrogens with two attached hydrogens (primary N) is 1. The molecule has 2 amide bonds. The van der Waals surface area contributed by atoms with Crippen LogP contribution in [0.15, 0.2) is 0 Å². The quantitative estimate of drug-likeness (QED) is 0.488. The van der Waals surface area contributed by atoms with Crippen LogP contribution in [0.3, 0.4) is 0 Å². The minimum absolute atomic E-state index is 0.195. The number of urea groups is 1. The second kappa shape index (κ2) is 4.58. The second-order valence-corrected chi connectivity index (χ2v) is 3.58. The van der Waals surface area contributed by atoms with Gasteiger partial charge in [0.25, 0.3) is 0 Å². The van der Waals surface area contributed by atoms with E-state index in [-0.39, 0.29) is 5.84 Å². The van der Waals surface area contributed by atoms with Gasteiger partial charge in [0.15, 0.2) is 0 Å². The van der Waals surface area contributed by atoms with Crippen molar-refractivity contribution in [3.8, 4) is 0 Å². The lowest BCUT2D eigenvalue weighted by Gasteiger charge is -2.24. The first-order valence-electron chi connectivity index (χ1n) is 4.76. The van der Waals surface area contributed by atoms with E-state index in [1.165, 1.54) is 0 Å². The molecule has 92 valence electrons. The molecule has 1 rings (SSSR count). The predicted octanol–water partition coefficient (Wildman–Crippen LogP) is 0.659. The van der Waals surface area contributed by atoms with Crippen molar-refractivity contribution in [2.24, 2.45) is 5.73 Å². The Morgan fingerprint density at radius 2 is 2.19 bits per heavy atom. The molecule has 0 aromatic heterocycles. The fourth-order valence-electron chi connectivity index (χ4n) is 1.61. The zero-order chi connectivity index (χ0) is 12.3. The minimum Gasteiger partial charge on any atom is -0.386 e. The third-order valence-electron chi connectivity index (χ3n) is 2.31. The predicted molar refractivity (Wildman–Crippen MR) is 51.1 cm³/mol. The highest BCUT2D eigenvalue weighted by atomic mass is 19.4. The van der Waals surface area contributed by atoms with Gasteiger partial charge in [-0.25, -0.2) is 4.79 Å². The third-order valence-corrected chi connectivity index (χ3v) is 2.31. The summed E-state index contributed by atoms with van der Waals surface area (Å²) >= 11 is 0. The van der Waals surface area contributed by atoms with Crippen LogP contribution in [0.5, 0.6) is 0 Å². The SMILES string of the molecule is N=C(N)C1CCCN1C(=O)NCC(F)(F)F. The molecule has 0 aliphatic carbocycles. The summed E-state index contributed by atoms with van der Waals surface area (Å²) in [7, 11) is 0. The lowest BCUT2D eigenvalue weighted by molar-refractivity contribution is -0.123. The molecule has 1 fully saturated rings. The molecular weight excluding hydrogens is 225 g/mol. The number of carbonyl (C=O) groups excluding carboxylic acids is 1. The molecule has 0 spiro atoms. The molecular formula is C8H13F3N4O. The fourth-order valence-corrected chi connectivity index (χ4v) is 1.61. The summed E-state index contributed by atoms with van der Waals surface area (Å²) in [6, 6.07) is -1.40. The number of hydrogen-bond donors (Lipinski definition) is 3. The number of alkyl halides is 3. The molecule has 1 heterocycles. The van der Waals surface area contributed by atoms with E-state index in [0.717, 1.165) is 4.90 Å². The monoisotopic (exact) mass is 238 g/mol. The van der Waals surface area contributed by atoms with Crippen LogP contribution in [-0.4, -0.2) is 42.1 Å². The molecule has 1 atom stereocenters. The van der Waals surface area contributed by atoms with Gasteiger partial charge in [-0.15, -0.1) is 0 Å². The largest absolute Gasteiger partial charge is 0.405 e. The Kier molecular flexibility index (Phi) is 3.61. The summed E-state index contributed by atoms with van der Waals surface area (Å²) < 4.78 is 35.6. The van der Waals surface area contributed by atoms with Crippen LogP contribution in [0.4, 0.5) is 18.0 Å². The van der Waals surface area contributed by atoms with Crippen molar-refractivity contribution in [2.75, 3.05) is 13.1 Å². The van der Waals surface area contributed by atoms with E-state index >= 15 is 0 Å². The number of carbonyl (C=O) groups is 1. The molecule has 0 bridgehead atoms. The van der Waals surface area contributed by atoms with Crippen LogP contribution in [0.2, 0.25) is 0 Å². The van der Waals surface area contributed by atoms with Gasteiger partial charge in [-0.1, -0.05) is 0 Å². The Morgan fingerprint density at radius 3 is 2.69 bits per heavy atom. The van der Waals surface area contributed by atoms with Gasteiger partial charge in [0.05, 0.1) is 6.04 Å². The molecule has 1 aliphatic heterocycles. The second-order valence-electron chi connectivity index (χ2n) is 3.58. The average molecular weight is 238 g/mol. The molecule has 0 aromatic carbocycles. The number of amidine groups is 1. The zero-order valence-electron chi connectivity index (χ0n) is 8.47. The molecule has 5 nitrogen and oxygen atoms in total. The van der Waals surface area contributed by atoms with Crippen molar-refractivity contribution in [1.29, 1.82) is 5.41 Å². The van der Waals surface area contributed by atoms with E-state index in [2.05, 4.69) is 0 Å². The number of nitrogens with zero attached hydrogens (tertiary/aromatic N) is 1. The van der Waals surface area contributed by atoms with E-state index in [1.807, 2.05) is 0 Å². The number of hydrogen-bond acceptors (Lipinski definition) is 2. The van der Waals surface area contributed by atoms with Crippen molar-refractivity contribution in [1.82, 2.24) is 10.2 Å². The Labute approximate surface area is 90.3 Å². The summed E-state index contributed by atoms with van der Waals surface area (Å²) in [4.78, 5) is 12.5. The molecule has 1 unspecified atom stereocenters. The number of halogens is 3. The summed E-state index contributed by atoms with van der Waals surface area (Å²) in [6.07, 6.45) is -3.26. The zero-order valence-corrected chi connectivity index (χ0v) is 8.47. The molecule has 0 saturated carbocycles. The summed E-state index contributed by atoms with van der Waals surface area (Å²) in [5, 5.41) is 8.96. The van der Waals surface area contributed by atoms with Gasteiger partial charge in [-0.2, -0.15) is 13.2 Å². The van der Waals surface area contributed by atoms with Crippen LogP contribution < -0.4 is 11.1 Å². The van der Waals surface area contributed by atoms with Crippen LogP contribution >= 0.6 is 0 Å². The molecule has 1 saturated heterocycles. The minimum atomic E-state index is -4.43. The maximum Gasteiger partial charge on any atom is 0.405 e. The number of likely N-dealkylation sites (tertiary alicyclic amines) is 1. The Balaban J connectivity index is 2.50. The molecule has 4 N–H and O–H groups in total. The topological polar surface area (TPSA) is 82.2 Å². The van der Waals surface area contributed by atoms with Gasteiger partial charge >= 0.3 is 12.2 Å². The lowest BCUT2D eigenvalue weighted by Crippen LogP contribution is -2.49. The fraction of sp³-hybridized carbons (Fsp3) is 0.750. The van der Waals surface area contributed by atoms with Gasteiger partial charge in [0, 0.05) is 6.54 Å². The van der Waals surface area contributed by atoms with Crippen LogP contribution in [-0.2, 0) is 0 Å². The maximum atomic E-state index is 11.9. The van der Waals surface area contributed by atoms with E-state index in [4.69, 9.17) is 11.1 Å². The van der Waals surface area contributed by atoms with Gasteiger partial charge in [-0.05, 0) is 12.8 Å². The molecule has 0 aromatic rings. The molecule has 8 heteroatoms. The van der Waals surface area contributed by atoms with Crippen LogP contribution in [0, 0.1) is 5.41 Å². The number of amides is 2. The maximum absolute atomic E-state index is 11.9. The normalized spacial score (nSPS) is 20.9. The number of nitrogens with one attached hydrogen (secondary N) is 2. The van der Waals surface area contributed by atoms with E-state index in [1.54, 1.807) is 5.32 Å². The highest BCUT2D eigenvalue weighted by Gasteiger charge is 2.33. The number of rotatable bonds is 2. The van der Waals surface area contributed by atoms with Gasteiger partial charge in [0.2, 0.25) is 0 Å². The standard InChI is InChI=1S/C8H13F3N4O/c9-8(10,11)4-14-7(16)15-3-1-2-5(15)6(12)13/h5H,1-4H2,(H3,12,13)(H,14,16). The first-order chi connectivity index (χ1) is 7.31. The first-order valence-corrected chi connectivity index (χ1v) is 4.76. The summed E-state index contributed by atoms with van der Waals surface area (Å²) in [5.74, 6) is -0.195. The highest BCUT2D eigenvalue weighted by molar-refractivity contribution is 5.88. The Bertz CT molecular complexity index is 291. The first kappa shape index (κ1) is 12.6. The summed E-state index contributed by atoms with van der Waals surface area (Å²) in [6.45, 7) is -1.04. The smallest absolute Gasteiger partial charge is 0.386 e. The van der Waals surface area contributed by atoms with E-state index in [0.29, 0.717) is 19.4 Å². The van der Waals surface area contributed by atoms with Crippen molar-refractivity contribution in [3.63, 3.8) is 0 Å². The Morgan fingerprint density at radius 1 is 1.56 bits per heavy atom. The Hall–Kier alpha value is -1.47. The highest BCUT2D eigenvalue weighted by Crippen LogP contribution is 2.18. The molecule has 1 aliphatic rings. The molecule has 16 heavy (non-hydrogen) atoms. The van der Waals surface area contributed by atoms with Crippen LogP contribution in [0.25, 0.3) is 0 Å². The lowest BCUT2D eigenvalue weighted by atomic mass is 10.2. The van der Waals surface area contributed by atoms with Crippen molar-refractivity contribution < 1.29 is 18.0 Å². The van der Waals surface area contributed by atoms with Crippen molar-refractivity contribution >= 4 is 11.9 Å². The summed E-state index contributed by atoms with van der Waals surface area (Å²) in [5.41, 5.74) is 5.25. The van der Waals surface area contributed by atoms with Gasteiger partial charge in [-0.3, -0.25) is 5.41 Å². The third kappa shape index (κ3) is 3.28. The molecule has 0 radical (unpaired) electrons. The van der Waals surface area contributed by atoms with E-state index < -0.39 is 24.8 Å².